The molecular formula is C75H142O6. The molecule has 0 aromatic rings. The van der Waals surface area contributed by atoms with Crippen LogP contribution in [0.3, 0.4) is 0 Å². The maximum absolute atomic E-state index is 12.9. The Kier molecular flexibility index (Phi) is 68.5. The van der Waals surface area contributed by atoms with Gasteiger partial charge >= 0.3 is 17.9 Å². The largest absolute Gasteiger partial charge is 0.462 e. The fourth-order valence-corrected chi connectivity index (χ4v) is 11.4. The summed E-state index contributed by atoms with van der Waals surface area (Å²) < 4.78 is 17.0. The predicted molar refractivity (Wildman–Crippen MR) is 353 cm³/mol. The average molecular weight is 1140 g/mol. The van der Waals surface area contributed by atoms with Crippen LogP contribution in [0, 0.1) is 0 Å². The molecule has 6 nitrogen and oxygen atoms in total. The molecule has 0 aliphatic heterocycles. The van der Waals surface area contributed by atoms with E-state index in [0.29, 0.717) is 19.3 Å². The summed E-state index contributed by atoms with van der Waals surface area (Å²) in [5, 5.41) is 0. The van der Waals surface area contributed by atoms with Crippen LogP contribution >= 0.6 is 0 Å². The third-order valence-corrected chi connectivity index (χ3v) is 17.0. The van der Waals surface area contributed by atoms with Crippen LogP contribution in [-0.4, -0.2) is 37.2 Å². The zero-order valence-corrected chi connectivity index (χ0v) is 55.1. The van der Waals surface area contributed by atoms with Crippen molar-refractivity contribution in [3.63, 3.8) is 0 Å². The number of carbonyl (C=O) groups excluding carboxylic acids is 3. The number of hydrogen-bond donors (Lipinski definition) is 0. The van der Waals surface area contributed by atoms with Crippen LogP contribution in [-0.2, 0) is 28.6 Å². The number of hydrogen-bond acceptors (Lipinski definition) is 6. The summed E-state index contributed by atoms with van der Waals surface area (Å²) in [4.78, 5) is 38.4. The highest BCUT2D eigenvalue weighted by Gasteiger charge is 2.20. The molecule has 0 N–H and O–H groups in total. The summed E-state index contributed by atoms with van der Waals surface area (Å²) in [7, 11) is 0. The molecule has 0 aliphatic rings. The molecule has 0 aromatic heterocycles. The number of carbonyl (C=O) groups is 3. The number of allylic oxidation sites excluding steroid dienone is 4. The SMILES string of the molecule is CCCC/C=C\C/C=C\CCCCCCCC(=O)OCC(COC(=O)CCCCCCCCCCCCCCCCCCCCCCCCCCCCCCCCCCC)OC(=O)CCCCCCCCCCCCCCCCCC. The molecule has 6 heteroatoms. The van der Waals surface area contributed by atoms with E-state index in [9.17, 15) is 14.4 Å². The normalized spacial score (nSPS) is 12.1. The van der Waals surface area contributed by atoms with Gasteiger partial charge in [-0.15, -0.1) is 0 Å². The zero-order valence-electron chi connectivity index (χ0n) is 55.1. The Bertz CT molecular complexity index is 1310. The van der Waals surface area contributed by atoms with Crippen LogP contribution in [0.1, 0.15) is 419 Å². The predicted octanol–water partition coefficient (Wildman–Crippen LogP) is 25.3. The van der Waals surface area contributed by atoms with Gasteiger partial charge in [0.25, 0.3) is 0 Å². The average Bonchev–Trinajstić information content (AvgIpc) is 3.47. The van der Waals surface area contributed by atoms with Crippen molar-refractivity contribution in [2.75, 3.05) is 13.2 Å². The lowest BCUT2D eigenvalue weighted by molar-refractivity contribution is -0.167. The Labute approximate surface area is 506 Å². The minimum absolute atomic E-state index is 0.0694. The minimum Gasteiger partial charge on any atom is -0.462 e. The molecule has 81 heavy (non-hydrogen) atoms. The summed E-state index contributed by atoms with van der Waals surface area (Å²) in [5.74, 6) is -0.852. The number of rotatable bonds is 69. The van der Waals surface area contributed by atoms with Gasteiger partial charge in [0, 0.05) is 19.3 Å². The van der Waals surface area contributed by atoms with Crippen molar-refractivity contribution in [1.82, 2.24) is 0 Å². The molecule has 0 bridgehead atoms. The van der Waals surface area contributed by atoms with Crippen molar-refractivity contribution in [3.05, 3.63) is 24.3 Å². The Morgan fingerprint density at radius 1 is 0.247 bits per heavy atom. The summed E-state index contributed by atoms with van der Waals surface area (Å²) in [6.45, 7) is 6.67. The van der Waals surface area contributed by atoms with Crippen LogP contribution in [0.15, 0.2) is 24.3 Å². The molecule has 1 atom stereocenters. The molecule has 0 aromatic carbocycles. The molecule has 0 spiro atoms. The molecule has 1 unspecified atom stereocenters. The fourth-order valence-electron chi connectivity index (χ4n) is 11.4. The second kappa shape index (κ2) is 70.4. The third-order valence-electron chi connectivity index (χ3n) is 17.0. The van der Waals surface area contributed by atoms with E-state index in [0.717, 1.165) is 77.0 Å². The minimum atomic E-state index is -0.774. The standard InChI is InChI=1S/C75H142O6/c1-4-7-10-13-16-19-22-25-28-30-31-32-33-34-35-36-37-38-39-40-41-42-43-44-45-46-48-50-53-56-59-62-65-68-74(77)80-71-72(70-79-73(76)67-64-61-58-55-52-49-27-24-21-18-15-12-9-6-3)81-75(78)69-66-63-60-57-54-51-47-29-26-23-20-17-14-11-8-5-2/h15,18,24,27,72H,4-14,16-17,19-23,25-26,28-71H2,1-3H3/b18-15-,27-24-. The Morgan fingerprint density at radius 3 is 0.716 bits per heavy atom. The van der Waals surface area contributed by atoms with E-state index in [2.05, 4.69) is 45.1 Å². The van der Waals surface area contributed by atoms with Gasteiger partial charge in [0.2, 0.25) is 0 Å². The maximum Gasteiger partial charge on any atom is 0.306 e. The van der Waals surface area contributed by atoms with Gasteiger partial charge in [-0.1, -0.05) is 379 Å². The highest BCUT2D eigenvalue weighted by atomic mass is 16.6. The van der Waals surface area contributed by atoms with E-state index in [-0.39, 0.29) is 31.1 Å². The van der Waals surface area contributed by atoms with Gasteiger partial charge < -0.3 is 14.2 Å². The van der Waals surface area contributed by atoms with Gasteiger partial charge in [-0.25, -0.2) is 0 Å². The molecule has 0 rings (SSSR count). The lowest BCUT2D eigenvalue weighted by atomic mass is 10.0. The monoisotopic (exact) mass is 1140 g/mol. The fraction of sp³-hybridized carbons (Fsp3) is 0.907. The van der Waals surface area contributed by atoms with Crippen molar-refractivity contribution in [2.45, 2.75) is 425 Å². The summed E-state index contributed by atoms with van der Waals surface area (Å²) in [5.41, 5.74) is 0. The van der Waals surface area contributed by atoms with E-state index in [1.165, 1.54) is 302 Å². The molecule has 0 saturated carbocycles. The van der Waals surface area contributed by atoms with E-state index in [1.54, 1.807) is 0 Å². The Morgan fingerprint density at radius 2 is 0.457 bits per heavy atom. The first-order valence-corrected chi connectivity index (χ1v) is 36.8. The molecule has 0 radical (unpaired) electrons. The third kappa shape index (κ3) is 68.6. The van der Waals surface area contributed by atoms with Crippen LogP contribution in [0.25, 0.3) is 0 Å². The quantitative estimate of drug-likeness (QED) is 0.0261. The van der Waals surface area contributed by atoms with Crippen LogP contribution in [0.5, 0.6) is 0 Å². The van der Waals surface area contributed by atoms with Crippen LogP contribution < -0.4 is 0 Å². The second-order valence-electron chi connectivity index (χ2n) is 25.2. The Hall–Kier alpha value is -2.11. The van der Waals surface area contributed by atoms with Gasteiger partial charge in [0.05, 0.1) is 0 Å². The summed E-state index contributed by atoms with van der Waals surface area (Å²) in [6, 6.07) is 0. The lowest BCUT2D eigenvalue weighted by Gasteiger charge is -2.18. The second-order valence-corrected chi connectivity index (χ2v) is 25.2. The molecule has 0 heterocycles. The molecule has 0 aliphatic carbocycles. The van der Waals surface area contributed by atoms with Crippen molar-refractivity contribution in [1.29, 1.82) is 0 Å². The first kappa shape index (κ1) is 78.9. The number of ether oxygens (including phenoxy) is 3. The highest BCUT2D eigenvalue weighted by Crippen LogP contribution is 2.19. The molecule has 0 saturated heterocycles. The first-order valence-electron chi connectivity index (χ1n) is 36.8. The van der Waals surface area contributed by atoms with Crippen molar-refractivity contribution in [3.8, 4) is 0 Å². The van der Waals surface area contributed by atoms with Crippen molar-refractivity contribution in [2.24, 2.45) is 0 Å². The molecular weight excluding hydrogens is 997 g/mol. The number of esters is 3. The van der Waals surface area contributed by atoms with Crippen molar-refractivity contribution < 1.29 is 28.6 Å². The van der Waals surface area contributed by atoms with Gasteiger partial charge in [0.1, 0.15) is 13.2 Å². The first-order chi connectivity index (χ1) is 40.0. The van der Waals surface area contributed by atoms with Crippen LogP contribution in [0.2, 0.25) is 0 Å². The summed E-state index contributed by atoms with van der Waals surface area (Å²) >= 11 is 0. The molecule has 478 valence electrons. The van der Waals surface area contributed by atoms with Gasteiger partial charge in [-0.05, 0) is 44.9 Å². The van der Waals surface area contributed by atoms with E-state index in [1.807, 2.05) is 0 Å². The summed E-state index contributed by atoms with van der Waals surface area (Å²) in [6.07, 6.45) is 86.7. The molecule has 0 fully saturated rings. The Balaban J connectivity index is 4.08. The lowest BCUT2D eigenvalue weighted by Crippen LogP contribution is -2.30. The van der Waals surface area contributed by atoms with Crippen LogP contribution in [0.4, 0.5) is 0 Å². The zero-order chi connectivity index (χ0) is 58.5. The molecule has 0 amide bonds. The van der Waals surface area contributed by atoms with Gasteiger partial charge in [-0.2, -0.15) is 0 Å². The van der Waals surface area contributed by atoms with Crippen molar-refractivity contribution >= 4 is 17.9 Å². The van der Waals surface area contributed by atoms with E-state index < -0.39 is 6.10 Å². The van der Waals surface area contributed by atoms with E-state index in [4.69, 9.17) is 14.2 Å². The number of unbranched alkanes of at least 4 members (excludes halogenated alkanes) is 54. The maximum atomic E-state index is 12.9. The topological polar surface area (TPSA) is 78.9 Å². The highest BCUT2D eigenvalue weighted by molar-refractivity contribution is 5.71. The van der Waals surface area contributed by atoms with Gasteiger partial charge in [0.15, 0.2) is 6.10 Å². The van der Waals surface area contributed by atoms with E-state index >= 15 is 0 Å². The smallest absolute Gasteiger partial charge is 0.306 e. The van der Waals surface area contributed by atoms with Gasteiger partial charge in [-0.3, -0.25) is 14.4 Å².